The molecule has 2 aromatic heterocycles. The van der Waals surface area contributed by atoms with Crippen LogP contribution in [0.3, 0.4) is 0 Å². The van der Waals surface area contributed by atoms with Gasteiger partial charge in [0.05, 0.1) is 21.2 Å². The average molecular weight is 457 g/mol. The number of anilines is 2. The Morgan fingerprint density at radius 2 is 2.15 bits per heavy atom. The number of pyridine rings is 1. The van der Waals surface area contributed by atoms with Crippen molar-refractivity contribution in [1.82, 2.24) is 9.97 Å². The molecule has 2 fully saturated rings. The smallest absolute Gasteiger partial charge is 0.226 e. The quantitative estimate of drug-likeness (QED) is 0.651. The number of piperidine rings is 1. The largest absolute Gasteiger partial charge is 0.368 e. The monoisotopic (exact) mass is 455 g/mol. The Hall–Kier alpha value is -1.31. The number of H-pyrrole nitrogens is 1. The molecule has 2 unspecified atom stereocenters. The van der Waals surface area contributed by atoms with Gasteiger partial charge in [0.25, 0.3) is 0 Å². The van der Waals surface area contributed by atoms with Crippen LogP contribution in [0.1, 0.15) is 33.1 Å². The van der Waals surface area contributed by atoms with Crippen LogP contribution in [-0.2, 0) is 4.79 Å². The molecule has 2 atom stereocenters. The minimum Gasteiger partial charge on any atom is -0.368 e. The lowest BCUT2D eigenvalue weighted by Gasteiger charge is -2.39. The van der Waals surface area contributed by atoms with E-state index in [1.54, 1.807) is 0 Å². The fourth-order valence-electron chi connectivity index (χ4n) is 4.05. The predicted octanol–water partition coefficient (Wildman–Crippen LogP) is 3.91. The fraction of sp³-hybridized carbons (Fsp3) is 0.579. The Bertz CT molecular complexity index is 835. The molecule has 1 aliphatic carbocycles. The zero-order chi connectivity index (χ0) is 18.4. The van der Waals surface area contributed by atoms with E-state index in [1.807, 2.05) is 26.2 Å². The number of fused-ring (bicyclic) bond motifs is 1. The average Bonchev–Trinajstić information content (AvgIpc) is 3.36. The number of rotatable bonds is 4. The van der Waals surface area contributed by atoms with Gasteiger partial charge in [-0.1, -0.05) is 13.8 Å². The van der Waals surface area contributed by atoms with Crippen LogP contribution in [0.4, 0.5) is 11.4 Å². The van der Waals surface area contributed by atoms with Gasteiger partial charge < -0.3 is 20.9 Å². The molecule has 1 amide bonds. The summed E-state index contributed by atoms with van der Waals surface area (Å²) in [7, 11) is 0. The number of aromatic amines is 1. The lowest BCUT2D eigenvalue weighted by atomic mass is 9.87. The van der Waals surface area contributed by atoms with Gasteiger partial charge in [0.2, 0.25) is 5.91 Å². The molecule has 1 aliphatic heterocycles. The Morgan fingerprint density at radius 3 is 2.78 bits per heavy atom. The van der Waals surface area contributed by atoms with Gasteiger partial charge in [0, 0.05) is 37.4 Å². The maximum absolute atomic E-state index is 12.2. The Labute approximate surface area is 174 Å². The summed E-state index contributed by atoms with van der Waals surface area (Å²) in [5.41, 5.74) is 9.15. The number of nitrogens with one attached hydrogen (secondary N) is 2. The first-order valence-corrected chi connectivity index (χ1v) is 10.2. The van der Waals surface area contributed by atoms with Crippen LogP contribution in [0, 0.1) is 17.8 Å². The number of hydrogen-bond acceptors (Lipinski definition) is 4. The molecule has 0 bridgehead atoms. The number of nitrogens with zero attached hydrogens (tertiary/aromatic N) is 2. The van der Waals surface area contributed by atoms with Crippen molar-refractivity contribution in [3.63, 3.8) is 0 Å². The van der Waals surface area contributed by atoms with Crippen LogP contribution in [0.5, 0.6) is 0 Å². The third-order valence-corrected chi connectivity index (χ3v) is 6.25. The summed E-state index contributed by atoms with van der Waals surface area (Å²) in [5.74, 6) is 1.40. The van der Waals surface area contributed by atoms with Crippen LogP contribution >= 0.6 is 28.3 Å². The van der Waals surface area contributed by atoms with Gasteiger partial charge in [-0.3, -0.25) is 4.79 Å². The first-order chi connectivity index (χ1) is 12.5. The molecule has 6 nitrogen and oxygen atoms in total. The SMILES string of the molecule is CC(C)C(=O)Nc1c[nH]c2ncc(Br)c(N3CCC(C4CC4)C(N)C3)c12.Cl. The summed E-state index contributed by atoms with van der Waals surface area (Å²) in [4.78, 5) is 22.2. The Morgan fingerprint density at radius 1 is 1.41 bits per heavy atom. The number of halogens is 2. The Kier molecular flexibility index (Phi) is 6.03. The fourth-order valence-corrected chi connectivity index (χ4v) is 4.60. The molecule has 8 heteroatoms. The van der Waals surface area contributed by atoms with Gasteiger partial charge in [0.1, 0.15) is 5.65 Å². The zero-order valence-corrected chi connectivity index (χ0v) is 18.1. The molecule has 1 saturated heterocycles. The zero-order valence-electron chi connectivity index (χ0n) is 15.7. The Balaban J connectivity index is 0.00000210. The minimum atomic E-state index is -0.0776. The van der Waals surface area contributed by atoms with Crippen molar-refractivity contribution in [2.45, 2.75) is 39.2 Å². The van der Waals surface area contributed by atoms with Crippen molar-refractivity contribution in [1.29, 1.82) is 0 Å². The highest BCUT2D eigenvalue weighted by Gasteiger charge is 2.38. The predicted molar refractivity (Wildman–Crippen MR) is 116 cm³/mol. The van der Waals surface area contributed by atoms with Crippen molar-refractivity contribution >= 4 is 56.7 Å². The summed E-state index contributed by atoms with van der Waals surface area (Å²) in [6.45, 7) is 5.60. The van der Waals surface area contributed by atoms with E-state index in [0.717, 1.165) is 52.3 Å². The number of carbonyl (C=O) groups excluding carboxylic acids is 1. The van der Waals surface area contributed by atoms with E-state index in [-0.39, 0.29) is 30.3 Å². The van der Waals surface area contributed by atoms with E-state index in [2.05, 4.69) is 36.1 Å². The van der Waals surface area contributed by atoms with Gasteiger partial charge in [-0.25, -0.2) is 4.98 Å². The summed E-state index contributed by atoms with van der Waals surface area (Å²) >= 11 is 3.67. The molecule has 4 N–H and O–H groups in total. The second-order valence-corrected chi connectivity index (χ2v) is 8.78. The van der Waals surface area contributed by atoms with Crippen molar-refractivity contribution in [3.05, 3.63) is 16.9 Å². The maximum atomic E-state index is 12.2. The molecule has 27 heavy (non-hydrogen) atoms. The number of amides is 1. The lowest BCUT2D eigenvalue weighted by Crippen LogP contribution is -2.49. The molecule has 148 valence electrons. The molecule has 0 spiro atoms. The molecule has 1 saturated carbocycles. The molecular weight excluding hydrogens is 430 g/mol. The van der Waals surface area contributed by atoms with Crippen molar-refractivity contribution in [3.8, 4) is 0 Å². The molecule has 4 rings (SSSR count). The van der Waals surface area contributed by atoms with Crippen LogP contribution in [0.25, 0.3) is 11.0 Å². The lowest BCUT2D eigenvalue weighted by molar-refractivity contribution is -0.118. The van der Waals surface area contributed by atoms with Crippen molar-refractivity contribution in [2.75, 3.05) is 23.3 Å². The van der Waals surface area contributed by atoms with Crippen molar-refractivity contribution in [2.24, 2.45) is 23.5 Å². The second-order valence-electron chi connectivity index (χ2n) is 7.92. The number of aromatic nitrogens is 2. The normalized spacial score (nSPS) is 22.8. The molecule has 0 radical (unpaired) electrons. The summed E-state index contributed by atoms with van der Waals surface area (Å²) in [5, 5.41) is 3.98. The summed E-state index contributed by atoms with van der Waals surface area (Å²) < 4.78 is 0.932. The first-order valence-electron chi connectivity index (χ1n) is 9.42. The second kappa shape index (κ2) is 7.97. The van der Waals surface area contributed by atoms with Crippen LogP contribution in [0.2, 0.25) is 0 Å². The molecule has 2 aromatic rings. The topological polar surface area (TPSA) is 87.0 Å². The van der Waals surface area contributed by atoms with E-state index in [1.165, 1.54) is 12.8 Å². The first kappa shape index (κ1) is 20.4. The number of hydrogen-bond donors (Lipinski definition) is 3. The highest BCUT2D eigenvalue weighted by molar-refractivity contribution is 9.10. The van der Waals surface area contributed by atoms with Gasteiger partial charge in [-0.15, -0.1) is 12.4 Å². The van der Waals surface area contributed by atoms with Gasteiger partial charge in [0.15, 0.2) is 0 Å². The molecule has 3 heterocycles. The van der Waals surface area contributed by atoms with Gasteiger partial charge >= 0.3 is 0 Å². The van der Waals surface area contributed by atoms with Crippen LogP contribution in [-0.4, -0.2) is 35.0 Å². The standard InChI is InChI=1S/C19H26BrN5O.ClH/c1-10(2)19(26)24-15-8-23-18-16(15)17(13(20)7-22-18)25-6-5-12(11-3-4-11)14(21)9-25;/h7-8,10-12,14H,3-6,9,21H2,1-2H3,(H,22,23)(H,24,26);1H. The van der Waals surface area contributed by atoms with Crippen molar-refractivity contribution < 1.29 is 4.79 Å². The van der Waals surface area contributed by atoms with E-state index in [9.17, 15) is 4.79 Å². The highest BCUT2D eigenvalue weighted by atomic mass is 79.9. The number of nitrogens with two attached hydrogens (primary N) is 1. The molecule has 0 aromatic carbocycles. The maximum Gasteiger partial charge on any atom is 0.226 e. The minimum absolute atomic E-state index is 0. The van der Waals surface area contributed by atoms with E-state index >= 15 is 0 Å². The van der Waals surface area contributed by atoms with Crippen LogP contribution in [0.15, 0.2) is 16.9 Å². The van der Waals surface area contributed by atoms with E-state index in [4.69, 9.17) is 5.73 Å². The summed E-state index contributed by atoms with van der Waals surface area (Å²) in [6.07, 6.45) is 7.45. The van der Waals surface area contributed by atoms with Crippen LogP contribution < -0.4 is 16.0 Å². The third kappa shape index (κ3) is 3.96. The molecule has 2 aliphatic rings. The highest BCUT2D eigenvalue weighted by Crippen LogP contribution is 2.44. The molecular formula is C19H27BrClN5O. The van der Waals surface area contributed by atoms with E-state index < -0.39 is 0 Å². The van der Waals surface area contributed by atoms with Gasteiger partial charge in [-0.05, 0) is 47.0 Å². The number of carbonyl (C=O) groups is 1. The summed E-state index contributed by atoms with van der Waals surface area (Å²) in [6, 6.07) is 0.194. The van der Waals surface area contributed by atoms with E-state index in [0.29, 0.717) is 5.92 Å². The van der Waals surface area contributed by atoms with Gasteiger partial charge in [-0.2, -0.15) is 0 Å². The third-order valence-electron chi connectivity index (χ3n) is 5.67.